The second kappa shape index (κ2) is 7.35. The number of hydrogen-bond donors (Lipinski definition) is 2. The number of ether oxygens (including phenoxy) is 1. The van der Waals surface area contributed by atoms with Gasteiger partial charge in [0.25, 0.3) is 0 Å². The Hall–Kier alpha value is -1.55. The molecule has 2 N–H and O–H groups in total. The zero-order chi connectivity index (χ0) is 17.0. The van der Waals surface area contributed by atoms with Crippen molar-refractivity contribution in [3.63, 3.8) is 0 Å². The summed E-state index contributed by atoms with van der Waals surface area (Å²) in [5, 5.41) is 8.85. The van der Waals surface area contributed by atoms with Gasteiger partial charge in [0.15, 0.2) is 5.82 Å². The van der Waals surface area contributed by atoms with E-state index in [9.17, 15) is 17.6 Å². The molecule has 1 aliphatic heterocycles. The summed E-state index contributed by atoms with van der Waals surface area (Å²) >= 11 is 0. The normalized spacial score (nSPS) is 19.7. The van der Waals surface area contributed by atoms with Crippen LogP contribution >= 0.6 is 0 Å². The van der Waals surface area contributed by atoms with Crippen molar-refractivity contribution >= 4 is 16.0 Å². The fourth-order valence-electron chi connectivity index (χ4n) is 2.39. The molecule has 1 aromatic carbocycles. The molecule has 1 fully saturated rings. The summed E-state index contributed by atoms with van der Waals surface area (Å²) in [5.41, 5.74) is -0.671. The van der Waals surface area contributed by atoms with E-state index in [1.54, 1.807) is 0 Å². The second-order valence-corrected chi connectivity index (χ2v) is 7.04. The zero-order valence-corrected chi connectivity index (χ0v) is 13.5. The lowest BCUT2D eigenvalue weighted by Crippen LogP contribution is -2.44. The van der Waals surface area contributed by atoms with E-state index < -0.39 is 32.3 Å². The molecule has 0 amide bonds. The van der Waals surface area contributed by atoms with Gasteiger partial charge in [0.2, 0.25) is 10.0 Å². The van der Waals surface area contributed by atoms with Crippen molar-refractivity contribution in [2.24, 2.45) is 0 Å². The van der Waals surface area contributed by atoms with Crippen LogP contribution in [0.3, 0.4) is 0 Å². The minimum absolute atomic E-state index is 0.0880. The second-order valence-electron chi connectivity index (χ2n) is 5.30. The average Bonchev–Trinajstić information content (AvgIpc) is 2.46. The maximum absolute atomic E-state index is 14.0. The van der Waals surface area contributed by atoms with Crippen molar-refractivity contribution in [1.82, 2.24) is 9.62 Å². The number of benzene rings is 1. The maximum Gasteiger partial charge on any atom is 0.338 e. The number of aromatic carboxylic acids is 1. The summed E-state index contributed by atoms with van der Waals surface area (Å²) in [6, 6.07) is 3.26. The highest BCUT2D eigenvalue weighted by atomic mass is 32.2. The Labute approximate surface area is 134 Å². The largest absolute Gasteiger partial charge is 0.478 e. The molecule has 1 unspecified atom stereocenters. The van der Waals surface area contributed by atoms with Crippen LogP contribution in [0, 0.1) is 5.82 Å². The molecule has 1 aromatic rings. The first-order valence-corrected chi connectivity index (χ1v) is 8.65. The molecule has 1 aliphatic rings. The quantitative estimate of drug-likeness (QED) is 0.780. The highest BCUT2D eigenvalue weighted by molar-refractivity contribution is 7.89. The first-order valence-electron chi connectivity index (χ1n) is 7.16. The van der Waals surface area contributed by atoms with Crippen LogP contribution in [0.15, 0.2) is 23.1 Å². The van der Waals surface area contributed by atoms with E-state index in [0.717, 1.165) is 12.1 Å². The molecule has 0 aromatic heterocycles. The predicted octanol–water partition coefficient (Wildman–Crippen LogP) is 0.523. The van der Waals surface area contributed by atoms with Gasteiger partial charge in [-0.2, -0.15) is 0 Å². The van der Waals surface area contributed by atoms with Gasteiger partial charge in [-0.15, -0.1) is 0 Å². The number of halogens is 1. The average molecular weight is 346 g/mol. The minimum atomic E-state index is -4.11. The molecule has 23 heavy (non-hydrogen) atoms. The maximum atomic E-state index is 14.0. The van der Waals surface area contributed by atoms with Crippen LogP contribution in [-0.2, 0) is 14.8 Å². The molecule has 1 atom stereocenters. The van der Waals surface area contributed by atoms with Gasteiger partial charge >= 0.3 is 5.97 Å². The molecule has 128 valence electrons. The molecule has 7 nitrogen and oxygen atoms in total. The van der Waals surface area contributed by atoms with Crippen molar-refractivity contribution in [2.45, 2.75) is 17.9 Å². The number of nitrogens with zero attached hydrogens (tertiary/aromatic N) is 1. The standard InChI is InChI=1S/C14H19FN2O5S/c1-10-9-17(7-8-22-10)6-5-16-23(20,21)12-4-2-3-11(13(12)15)14(18)19/h2-4,10,16H,5-9H2,1H3,(H,18,19). The molecular weight excluding hydrogens is 327 g/mol. The molecule has 0 saturated carbocycles. The first kappa shape index (κ1) is 17.8. The summed E-state index contributed by atoms with van der Waals surface area (Å²) in [5.74, 6) is -2.77. The van der Waals surface area contributed by atoms with E-state index >= 15 is 0 Å². The Morgan fingerprint density at radius 3 is 2.91 bits per heavy atom. The lowest BCUT2D eigenvalue weighted by Gasteiger charge is -2.30. The van der Waals surface area contributed by atoms with Crippen molar-refractivity contribution in [3.05, 3.63) is 29.6 Å². The predicted molar refractivity (Wildman–Crippen MR) is 80.4 cm³/mol. The van der Waals surface area contributed by atoms with Crippen molar-refractivity contribution in [2.75, 3.05) is 32.8 Å². The van der Waals surface area contributed by atoms with E-state index in [-0.39, 0.29) is 12.6 Å². The Morgan fingerprint density at radius 2 is 2.26 bits per heavy atom. The van der Waals surface area contributed by atoms with Crippen LogP contribution in [0.2, 0.25) is 0 Å². The summed E-state index contributed by atoms with van der Waals surface area (Å²) in [6.07, 6.45) is 0.0880. The van der Waals surface area contributed by atoms with Crippen LogP contribution in [0.4, 0.5) is 4.39 Å². The summed E-state index contributed by atoms with van der Waals surface area (Å²) in [4.78, 5) is 12.3. The molecular formula is C14H19FN2O5S. The Kier molecular flexibility index (Phi) is 5.69. The summed E-state index contributed by atoms with van der Waals surface area (Å²) < 4.78 is 46.0. The van der Waals surface area contributed by atoms with Crippen molar-refractivity contribution < 1.29 is 27.4 Å². The van der Waals surface area contributed by atoms with Gasteiger partial charge in [-0.25, -0.2) is 22.3 Å². The lowest BCUT2D eigenvalue weighted by molar-refractivity contribution is -0.0172. The molecule has 1 heterocycles. The van der Waals surface area contributed by atoms with Gasteiger partial charge in [-0.1, -0.05) is 6.07 Å². The number of rotatable bonds is 6. The van der Waals surface area contributed by atoms with Crippen LogP contribution in [0.1, 0.15) is 17.3 Å². The smallest absolute Gasteiger partial charge is 0.338 e. The third-order valence-corrected chi connectivity index (χ3v) is 5.01. The number of morpholine rings is 1. The van der Waals surface area contributed by atoms with Crippen molar-refractivity contribution in [1.29, 1.82) is 0 Å². The van der Waals surface area contributed by atoms with Gasteiger partial charge in [-0.05, 0) is 19.1 Å². The molecule has 0 aliphatic carbocycles. The summed E-state index contributed by atoms with van der Waals surface area (Å²) in [6.45, 7) is 4.49. The van der Waals surface area contributed by atoms with E-state index in [1.165, 1.54) is 6.07 Å². The van der Waals surface area contributed by atoms with Crippen LogP contribution < -0.4 is 4.72 Å². The van der Waals surface area contributed by atoms with E-state index in [4.69, 9.17) is 9.84 Å². The third kappa shape index (κ3) is 4.47. The van der Waals surface area contributed by atoms with Crippen molar-refractivity contribution in [3.8, 4) is 0 Å². The first-order chi connectivity index (χ1) is 10.8. The van der Waals surface area contributed by atoms with Gasteiger partial charge in [0.05, 0.1) is 18.3 Å². The number of sulfonamides is 1. The number of hydrogen-bond acceptors (Lipinski definition) is 5. The Bertz CT molecular complexity index is 680. The van der Waals surface area contributed by atoms with Gasteiger partial charge in [0, 0.05) is 26.2 Å². The Balaban J connectivity index is 2.02. The number of carboxylic acid groups (broad SMARTS) is 1. The van der Waals surface area contributed by atoms with Gasteiger partial charge in [0.1, 0.15) is 4.90 Å². The van der Waals surface area contributed by atoms with Gasteiger partial charge in [-0.3, -0.25) is 4.90 Å². The topological polar surface area (TPSA) is 95.9 Å². The fraction of sp³-hybridized carbons (Fsp3) is 0.500. The molecule has 0 spiro atoms. The van der Waals surface area contributed by atoms with E-state index in [2.05, 4.69) is 4.72 Å². The molecule has 0 bridgehead atoms. The minimum Gasteiger partial charge on any atom is -0.478 e. The highest BCUT2D eigenvalue weighted by Crippen LogP contribution is 2.18. The SMILES string of the molecule is CC1CN(CCNS(=O)(=O)c2cccc(C(=O)O)c2F)CCO1. The highest BCUT2D eigenvalue weighted by Gasteiger charge is 2.24. The van der Waals surface area contributed by atoms with Crippen LogP contribution in [0.5, 0.6) is 0 Å². The number of carbonyl (C=O) groups is 1. The molecule has 2 rings (SSSR count). The van der Waals surface area contributed by atoms with Crippen LogP contribution in [-0.4, -0.2) is 63.3 Å². The zero-order valence-electron chi connectivity index (χ0n) is 12.7. The summed E-state index contributed by atoms with van der Waals surface area (Å²) in [7, 11) is -4.11. The third-order valence-electron chi connectivity index (χ3n) is 3.53. The van der Waals surface area contributed by atoms with E-state index in [0.29, 0.717) is 26.2 Å². The van der Waals surface area contributed by atoms with Gasteiger partial charge < -0.3 is 9.84 Å². The molecule has 9 heteroatoms. The lowest BCUT2D eigenvalue weighted by atomic mass is 10.2. The number of carboxylic acids is 1. The number of nitrogens with one attached hydrogen (secondary N) is 1. The molecule has 1 saturated heterocycles. The fourth-order valence-corrected chi connectivity index (χ4v) is 3.51. The molecule has 0 radical (unpaired) electrons. The van der Waals surface area contributed by atoms with E-state index in [1.807, 2.05) is 11.8 Å². The monoisotopic (exact) mass is 346 g/mol. The van der Waals surface area contributed by atoms with Crippen LogP contribution in [0.25, 0.3) is 0 Å². The Morgan fingerprint density at radius 1 is 1.52 bits per heavy atom.